The van der Waals surface area contributed by atoms with Crippen LogP contribution in [0.15, 0.2) is 43.1 Å². The third kappa shape index (κ3) is 2.62. The van der Waals surface area contributed by atoms with Gasteiger partial charge in [-0.25, -0.2) is 4.98 Å². The van der Waals surface area contributed by atoms with E-state index >= 15 is 0 Å². The molecule has 0 bridgehead atoms. The number of hydrogen-bond acceptors (Lipinski definition) is 5. The van der Waals surface area contributed by atoms with Crippen LogP contribution < -0.4 is 4.90 Å². The number of anilines is 1. The molecule has 0 aromatic carbocycles. The lowest BCUT2D eigenvalue weighted by Gasteiger charge is -2.30. The summed E-state index contributed by atoms with van der Waals surface area (Å²) in [4.78, 5) is 29.5. The van der Waals surface area contributed by atoms with E-state index in [0.717, 1.165) is 30.9 Å². The quantitative estimate of drug-likeness (QED) is 0.863. The molecule has 24 heavy (non-hydrogen) atoms. The molecule has 124 valence electrons. The van der Waals surface area contributed by atoms with Crippen molar-refractivity contribution in [2.24, 2.45) is 11.8 Å². The van der Waals surface area contributed by atoms with E-state index in [9.17, 15) is 4.79 Å². The first-order valence-electron chi connectivity index (χ1n) is 8.42. The Kier molecular flexibility index (Phi) is 3.88. The van der Waals surface area contributed by atoms with E-state index in [1.165, 1.54) is 6.42 Å². The van der Waals surface area contributed by atoms with Gasteiger partial charge >= 0.3 is 0 Å². The number of hydrogen-bond donors (Lipinski definition) is 0. The van der Waals surface area contributed by atoms with Crippen LogP contribution >= 0.6 is 0 Å². The van der Waals surface area contributed by atoms with Gasteiger partial charge in [-0.1, -0.05) is 0 Å². The minimum Gasteiger partial charge on any atom is -0.355 e. The monoisotopic (exact) mass is 323 g/mol. The second kappa shape index (κ2) is 6.19. The number of aromatic nitrogens is 3. The van der Waals surface area contributed by atoms with Crippen molar-refractivity contribution in [3.8, 4) is 0 Å². The molecule has 1 aliphatic carbocycles. The van der Waals surface area contributed by atoms with E-state index in [1.54, 1.807) is 36.9 Å². The highest BCUT2D eigenvalue weighted by atomic mass is 16.2. The van der Waals surface area contributed by atoms with Gasteiger partial charge in [-0.05, 0) is 30.9 Å². The van der Waals surface area contributed by atoms with E-state index < -0.39 is 0 Å². The SMILES string of the molecule is CN(c1cnccn1)[C@@H]1CC[C@@H]2CN(C(=O)c3ccncc3)C[C@@H]21. The summed E-state index contributed by atoms with van der Waals surface area (Å²) in [6.45, 7) is 1.68. The standard InChI is InChI=1S/C18H21N5O/c1-22(17-10-20-8-9-21-17)16-3-2-14-11-23(12-15(14)16)18(24)13-4-6-19-7-5-13/h4-10,14-16H,2-3,11-12H2,1H3/t14-,15+,16-/m1/s1. The molecule has 0 unspecified atom stereocenters. The molecule has 1 saturated heterocycles. The third-order valence-electron chi connectivity index (χ3n) is 5.44. The summed E-state index contributed by atoms with van der Waals surface area (Å²) in [5.74, 6) is 2.11. The lowest BCUT2D eigenvalue weighted by atomic mass is 9.97. The van der Waals surface area contributed by atoms with Crippen LogP contribution in [0.5, 0.6) is 0 Å². The summed E-state index contributed by atoms with van der Waals surface area (Å²) in [5.41, 5.74) is 0.726. The number of amides is 1. The predicted molar refractivity (Wildman–Crippen MR) is 90.6 cm³/mol. The zero-order valence-electron chi connectivity index (χ0n) is 13.7. The first-order chi connectivity index (χ1) is 11.7. The summed E-state index contributed by atoms with van der Waals surface area (Å²) in [7, 11) is 2.09. The third-order valence-corrected chi connectivity index (χ3v) is 5.44. The van der Waals surface area contributed by atoms with Gasteiger partial charge in [0.25, 0.3) is 5.91 Å². The number of likely N-dealkylation sites (tertiary alicyclic amines) is 1. The number of carbonyl (C=O) groups excluding carboxylic acids is 1. The maximum absolute atomic E-state index is 12.7. The molecule has 1 aliphatic heterocycles. The fourth-order valence-electron chi connectivity index (χ4n) is 4.20. The smallest absolute Gasteiger partial charge is 0.253 e. The lowest BCUT2D eigenvalue weighted by Crippen LogP contribution is -2.39. The zero-order chi connectivity index (χ0) is 16.5. The van der Waals surface area contributed by atoms with Crippen molar-refractivity contribution in [2.75, 3.05) is 25.0 Å². The average molecular weight is 323 g/mol. The van der Waals surface area contributed by atoms with E-state index in [0.29, 0.717) is 17.9 Å². The Morgan fingerprint density at radius 2 is 1.96 bits per heavy atom. The molecule has 3 heterocycles. The number of carbonyl (C=O) groups is 1. The maximum atomic E-state index is 12.7. The van der Waals surface area contributed by atoms with Crippen molar-refractivity contribution in [1.29, 1.82) is 0 Å². The second-order valence-corrected chi connectivity index (χ2v) is 6.69. The maximum Gasteiger partial charge on any atom is 0.253 e. The van der Waals surface area contributed by atoms with Crippen LogP contribution in [0.2, 0.25) is 0 Å². The fourth-order valence-corrected chi connectivity index (χ4v) is 4.20. The van der Waals surface area contributed by atoms with E-state index in [1.807, 2.05) is 11.1 Å². The van der Waals surface area contributed by atoms with Gasteiger partial charge in [0.15, 0.2) is 0 Å². The van der Waals surface area contributed by atoms with Crippen molar-refractivity contribution in [2.45, 2.75) is 18.9 Å². The molecule has 4 rings (SSSR count). The lowest BCUT2D eigenvalue weighted by molar-refractivity contribution is 0.0779. The Hall–Kier alpha value is -2.50. The van der Waals surface area contributed by atoms with Crippen LogP contribution in [-0.4, -0.2) is 51.9 Å². The molecule has 3 atom stereocenters. The van der Waals surface area contributed by atoms with Crippen LogP contribution in [0.1, 0.15) is 23.2 Å². The molecule has 1 saturated carbocycles. The van der Waals surface area contributed by atoms with Crippen LogP contribution in [0.25, 0.3) is 0 Å². The highest BCUT2D eigenvalue weighted by Gasteiger charge is 2.45. The summed E-state index contributed by atoms with van der Waals surface area (Å²) < 4.78 is 0. The van der Waals surface area contributed by atoms with Gasteiger partial charge < -0.3 is 9.80 Å². The van der Waals surface area contributed by atoms with E-state index in [-0.39, 0.29) is 5.91 Å². The van der Waals surface area contributed by atoms with Crippen molar-refractivity contribution in [3.63, 3.8) is 0 Å². The summed E-state index contributed by atoms with van der Waals surface area (Å²) in [6.07, 6.45) is 10.9. The van der Waals surface area contributed by atoms with Crippen LogP contribution in [0.3, 0.4) is 0 Å². The Balaban J connectivity index is 1.48. The summed E-state index contributed by atoms with van der Waals surface area (Å²) in [5, 5.41) is 0. The minimum absolute atomic E-state index is 0.118. The van der Waals surface area contributed by atoms with Crippen molar-refractivity contribution < 1.29 is 4.79 Å². The van der Waals surface area contributed by atoms with Gasteiger partial charge in [-0.3, -0.25) is 14.8 Å². The molecule has 2 fully saturated rings. The molecule has 0 spiro atoms. The molecule has 2 aliphatic rings. The van der Waals surface area contributed by atoms with E-state index in [4.69, 9.17) is 0 Å². The normalized spacial score (nSPS) is 25.5. The average Bonchev–Trinajstić information content (AvgIpc) is 3.22. The van der Waals surface area contributed by atoms with Crippen molar-refractivity contribution in [1.82, 2.24) is 19.9 Å². The topological polar surface area (TPSA) is 62.2 Å². The Labute approximate surface area is 141 Å². The van der Waals surface area contributed by atoms with Gasteiger partial charge in [0.2, 0.25) is 0 Å². The van der Waals surface area contributed by atoms with Gasteiger partial charge in [-0.2, -0.15) is 0 Å². The highest BCUT2D eigenvalue weighted by molar-refractivity contribution is 5.94. The predicted octanol–water partition coefficient (Wildman–Crippen LogP) is 1.86. The molecule has 0 N–H and O–H groups in total. The second-order valence-electron chi connectivity index (χ2n) is 6.69. The summed E-state index contributed by atoms with van der Waals surface area (Å²) in [6, 6.07) is 4.00. The largest absolute Gasteiger partial charge is 0.355 e. The van der Waals surface area contributed by atoms with E-state index in [2.05, 4.69) is 26.9 Å². The number of pyridine rings is 1. The fraction of sp³-hybridized carbons (Fsp3) is 0.444. The molecule has 6 heteroatoms. The molecular weight excluding hydrogens is 302 g/mol. The van der Waals surface area contributed by atoms with Crippen molar-refractivity contribution in [3.05, 3.63) is 48.7 Å². The van der Waals surface area contributed by atoms with Gasteiger partial charge in [0, 0.05) is 62.4 Å². The zero-order valence-corrected chi connectivity index (χ0v) is 13.7. The van der Waals surface area contributed by atoms with Gasteiger partial charge in [0.1, 0.15) is 5.82 Å². The first kappa shape index (κ1) is 15.1. The molecule has 2 aromatic heterocycles. The van der Waals surface area contributed by atoms with Crippen LogP contribution in [0.4, 0.5) is 5.82 Å². The Morgan fingerprint density at radius 1 is 1.12 bits per heavy atom. The molecule has 2 aromatic rings. The van der Waals surface area contributed by atoms with Crippen LogP contribution in [0, 0.1) is 11.8 Å². The molecule has 1 amide bonds. The van der Waals surface area contributed by atoms with Gasteiger partial charge in [-0.15, -0.1) is 0 Å². The Morgan fingerprint density at radius 3 is 2.71 bits per heavy atom. The molecular formula is C18H21N5O. The first-order valence-corrected chi connectivity index (χ1v) is 8.42. The minimum atomic E-state index is 0.118. The van der Waals surface area contributed by atoms with Crippen LogP contribution in [-0.2, 0) is 0 Å². The number of fused-ring (bicyclic) bond motifs is 1. The number of rotatable bonds is 3. The highest BCUT2D eigenvalue weighted by Crippen LogP contribution is 2.41. The molecule has 0 radical (unpaired) electrons. The van der Waals surface area contributed by atoms with Crippen molar-refractivity contribution >= 4 is 11.7 Å². The molecule has 6 nitrogen and oxygen atoms in total. The Bertz CT molecular complexity index is 708. The van der Waals surface area contributed by atoms with Gasteiger partial charge in [0.05, 0.1) is 6.20 Å². The summed E-state index contributed by atoms with van der Waals surface area (Å²) >= 11 is 0. The number of nitrogens with zero attached hydrogens (tertiary/aromatic N) is 5.